The zero-order valence-electron chi connectivity index (χ0n) is 15.4. The average molecular weight is 395 g/mol. The molecule has 0 spiro atoms. The van der Waals surface area contributed by atoms with Gasteiger partial charge in [0.05, 0.1) is 10.9 Å². The van der Waals surface area contributed by atoms with Crippen molar-refractivity contribution in [3.8, 4) is 5.69 Å². The maximum absolute atomic E-state index is 13.6. The molecule has 2 aromatic heterocycles. The van der Waals surface area contributed by atoms with E-state index in [4.69, 9.17) is 0 Å². The quantitative estimate of drug-likeness (QED) is 0.501. The Labute approximate surface area is 164 Å². The zero-order chi connectivity index (χ0) is 20.6. The molecule has 4 aromatic rings. The average Bonchev–Trinajstić information content (AvgIpc) is 2.68. The SMILES string of the molecule is Cc1cccc(-n2c(Nc3ccccc3)cc(=O)c3c(C(F)(F)F)ccnc32)c1. The highest BCUT2D eigenvalue weighted by molar-refractivity contribution is 5.84. The van der Waals surface area contributed by atoms with Crippen molar-refractivity contribution in [1.29, 1.82) is 0 Å². The van der Waals surface area contributed by atoms with E-state index in [1.54, 1.807) is 24.3 Å². The number of alkyl halides is 3. The van der Waals surface area contributed by atoms with E-state index < -0.39 is 22.6 Å². The fourth-order valence-electron chi connectivity index (χ4n) is 3.26. The van der Waals surface area contributed by atoms with Gasteiger partial charge in [-0.1, -0.05) is 30.3 Å². The normalized spacial score (nSPS) is 11.6. The Morgan fingerprint density at radius 1 is 0.966 bits per heavy atom. The summed E-state index contributed by atoms with van der Waals surface area (Å²) < 4.78 is 42.2. The molecule has 0 radical (unpaired) electrons. The number of fused-ring (bicyclic) bond motifs is 1. The van der Waals surface area contributed by atoms with E-state index in [0.717, 1.165) is 17.8 Å². The predicted molar refractivity (Wildman–Crippen MR) is 107 cm³/mol. The first kappa shape index (κ1) is 18.7. The number of para-hydroxylation sites is 1. The largest absolute Gasteiger partial charge is 0.417 e. The molecule has 0 amide bonds. The van der Waals surface area contributed by atoms with Gasteiger partial charge in [0.25, 0.3) is 0 Å². The van der Waals surface area contributed by atoms with Gasteiger partial charge in [-0.25, -0.2) is 4.98 Å². The molecule has 0 bridgehead atoms. The summed E-state index contributed by atoms with van der Waals surface area (Å²) in [6.07, 6.45) is -3.59. The predicted octanol–water partition coefficient (Wildman–Crippen LogP) is 5.46. The minimum absolute atomic E-state index is 0.0589. The van der Waals surface area contributed by atoms with Crippen molar-refractivity contribution < 1.29 is 13.2 Å². The third-order valence-corrected chi connectivity index (χ3v) is 4.51. The van der Waals surface area contributed by atoms with Crippen molar-refractivity contribution in [3.63, 3.8) is 0 Å². The topological polar surface area (TPSA) is 46.9 Å². The first-order valence-electron chi connectivity index (χ1n) is 8.86. The maximum Gasteiger partial charge on any atom is 0.417 e. The Hall–Kier alpha value is -3.61. The van der Waals surface area contributed by atoms with Gasteiger partial charge in [0.1, 0.15) is 5.82 Å². The van der Waals surface area contributed by atoms with Crippen molar-refractivity contribution in [2.45, 2.75) is 13.1 Å². The summed E-state index contributed by atoms with van der Waals surface area (Å²) in [6.45, 7) is 1.88. The van der Waals surface area contributed by atoms with Crippen LogP contribution in [0.15, 0.2) is 77.7 Å². The smallest absolute Gasteiger partial charge is 0.341 e. The van der Waals surface area contributed by atoms with E-state index in [-0.39, 0.29) is 5.65 Å². The fourth-order valence-corrected chi connectivity index (χ4v) is 3.26. The zero-order valence-corrected chi connectivity index (χ0v) is 15.4. The highest BCUT2D eigenvalue weighted by atomic mass is 19.4. The summed E-state index contributed by atoms with van der Waals surface area (Å²) in [5, 5.41) is 2.67. The first-order valence-corrected chi connectivity index (χ1v) is 8.86. The second-order valence-corrected chi connectivity index (χ2v) is 6.61. The van der Waals surface area contributed by atoms with Crippen molar-refractivity contribution >= 4 is 22.5 Å². The van der Waals surface area contributed by atoms with Gasteiger partial charge in [-0.15, -0.1) is 0 Å². The van der Waals surface area contributed by atoms with Gasteiger partial charge < -0.3 is 5.32 Å². The third kappa shape index (κ3) is 3.59. The number of benzene rings is 2. The monoisotopic (exact) mass is 395 g/mol. The summed E-state index contributed by atoms with van der Waals surface area (Å²) in [5.41, 5.74) is 0.408. The van der Waals surface area contributed by atoms with Gasteiger partial charge >= 0.3 is 6.18 Å². The highest BCUT2D eigenvalue weighted by Gasteiger charge is 2.34. The highest BCUT2D eigenvalue weighted by Crippen LogP contribution is 2.34. The second-order valence-electron chi connectivity index (χ2n) is 6.61. The Bertz CT molecular complexity index is 1250. The van der Waals surface area contributed by atoms with Gasteiger partial charge in [0.15, 0.2) is 11.1 Å². The molecule has 0 aliphatic carbocycles. The summed E-state index contributed by atoms with van der Waals surface area (Å²) in [6, 6.07) is 18.3. The standard InChI is InChI=1S/C22H16F3N3O/c1-14-6-5-9-16(12-14)28-19(27-15-7-3-2-4-8-15)13-18(29)20-17(22(23,24)25)10-11-26-21(20)28/h2-13,27H,1H3. The van der Waals surface area contributed by atoms with Crippen molar-refractivity contribution in [2.75, 3.05) is 5.32 Å². The molecule has 146 valence electrons. The molecule has 4 nitrogen and oxygen atoms in total. The van der Waals surface area contributed by atoms with Crippen LogP contribution in [0.2, 0.25) is 0 Å². The second kappa shape index (κ2) is 7.09. The molecule has 0 fully saturated rings. The maximum atomic E-state index is 13.6. The lowest BCUT2D eigenvalue weighted by Crippen LogP contribution is -2.18. The van der Waals surface area contributed by atoms with E-state index in [0.29, 0.717) is 17.2 Å². The van der Waals surface area contributed by atoms with Crippen molar-refractivity contribution in [1.82, 2.24) is 9.55 Å². The molecular weight excluding hydrogens is 379 g/mol. The van der Waals surface area contributed by atoms with Gasteiger partial charge in [-0.05, 0) is 42.8 Å². The van der Waals surface area contributed by atoms with Crippen LogP contribution in [0.3, 0.4) is 0 Å². The lowest BCUT2D eigenvalue weighted by molar-refractivity contribution is -0.136. The number of nitrogens with zero attached hydrogens (tertiary/aromatic N) is 2. The Kier molecular flexibility index (Phi) is 4.58. The molecule has 1 N–H and O–H groups in total. The van der Waals surface area contributed by atoms with Crippen LogP contribution in [-0.2, 0) is 6.18 Å². The van der Waals surface area contributed by atoms with E-state index >= 15 is 0 Å². The van der Waals surface area contributed by atoms with Crippen LogP contribution in [0.5, 0.6) is 0 Å². The molecule has 0 saturated heterocycles. The van der Waals surface area contributed by atoms with Gasteiger partial charge in [0.2, 0.25) is 0 Å². The minimum atomic E-state index is -4.67. The van der Waals surface area contributed by atoms with Crippen LogP contribution in [0.4, 0.5) is 24.7 Å². The molecule has 0 saturated carbocycles. The number of nitrogens with one attached hydrogen (secondary N) is 1. The van der Waals surface area contributed by atoms with E-state index in [1.165, 1.54) is 10.6 Å². The first-order chi connectivity index (χ1) is 13.8. The molecule has 0 aliphatic heterocycles. The molecule has 0 aliphatic rings. The Morgan fingerprint density at radius 3 is 2.41 bits per heavy atom. The van der Waals surface area contributed by atoms with E-state index in [9.17, 15) is 18.0 Å². The minimum Gasteiger partial charge on any atom is -0.341 e. The van der Waals surface area contributed by atoms with Gasteiger partial charge in [0, 0.05) is 23.6 Å². The van der Waals surface area contributed by atoms with Gasteiger partial charge in [-0.3, -0.25) is 9.36 Å². The lowest BCUT2D eigenvalue weighted by Gasteiger charge is -2.19. The Morgan fingerprint density at radius 2 is 1.72 bits per heavy atom. The molecule has 7 heteroatoms. The Balaban J connectivity index is 2.08. The molecule has 29 heavy (non-hydrogen) atoms. The summed E-state index contributed by atoms with van der Waals surface area (Å²) in [5.74, 6) is 0.325. The molecule has 2 aromatic carbocycles. The fraction of sp³-hybridized carbons (Fsp3) is 0.0909. The van der Waals surface area contributed by atoms with Crippen LogP contribution in [-0.4, -0.2) is 9.55 Å². The van der Waals surface area contributed by atoms with Crippen molar-refractivity contribution in [3.05, 3.63) is 94.3 Å². The summed E-state index contributed by atoms with van der Waals surface area (Å²) in [4.78, 5) is 16.9. The lowest BCUT2D eigenvalue weighted by atomic mass is 10.1. The molecular formula is C22H16F3N3O. The third-order valence-electron chi connectivity index (χ3n) is 4.51. The number of aryl methyl sites for hydroxylation is 1. The van der Waals surface area contributed by atoms with E-state index in [1.807, 2.05) is 37.3 Å². The number of halogens is 3. The number of anilines is 2. The van der Waals surface area contributed by atoms with Crippen LogP contribution < -0.4 is 10.7 Å². The number of pyridine rings is 2. The van der Waals surface area contributed by atoms with Crippen molar-refractivity contribution in [2.24, 2.45) is 0 Å². The van der Waals surface area contributed by atoms with Gasteiger partial charge in [-0.2, -0.15) is 13.2 Å². The molecule has 4 rings (SSSR count). The summed E-state index contributed by atoms with van der Waals surface area (Å²) in [7, 11) is 0. The van der Waals surface area contributed by atoms with Crippen LogP contribution in [0.25, 0.3) is 16.7 Å². The number of hydrogen-bond acceptors (Lipinski definition) is 3. The summed E-state index contributed by atoms with van der Waals surface area (Å²) >= 11 is 0. The van der Waals surface area contributed by atoms with Crippen LogP contribution in [0, 0.1) is 6.92 Å². The molecule has 0 unspecified atom stereocenters. The number of rotatable bonds is 3. The van der Waals surface area contributed by atoms with E-state index in [2.05, 4.69) is 10.3 Å². The molecule has 0 atom stereocenters. The number of hydrogen-bond donors (Lipinski definition) is 1. The van der Waals surface area contributed by atoms with Crippen LogP contribution in [0.1, 0.15) is 11.1 Å². The van der Waals surface area contributed by atoms with Crippen LogP contribution >= 0.6 is 0 Å². The number of aromatic nitrogens is 2. The molecule has 2 heterocycles.